The minimum atomic E-state index is 0.0639. The lowest BCUT2D eigenvalue weighted by Crippen LogP contribution is -2.31. The van der Waals surface area contributed by atoms with Gasteiger partial charge in [0.25, 0.3) is 5.91 Å². The fourth-order valence-electron chi connectivity index (χ4n) is 1.48. The van der Waals surface area contributed by atoms with Gasteiger partial charge >= 0.3 is 0 Å². The Balaban J connectivity index is 2.26. The SMILES string of the molecule is CCCCC[C@H](C)NC(=O)c1cccs1. The zero-order valence-electron chi connectivity index (χ0n) is 9.45. The molecule has 84 valence electrons. The second-order valence-electron chi connectivity index (χ2n) is 3.85. The maximum absolute atomic E-state index is 11.6. The Morgan fingerprint density at radius 1 is 1.53 bits per heavy atom. The number of carbonyl (C=O) groups is 1. The zero-order valence-corrected chi connectivity index (χ0v) is 10.3. The minimum absolute atomic E-state index is 0.0639. The van der Waals surface area contributed by atoms with Crippen molar-refractivity contribution in [3.8, 4) is 0 Å². The summed E-state index contributed by atoms with van der Waals surface area (Å²) in [7, 11) is 0. The number of carbonyl (C=O) groups excluding carboxylic acids is 1. The monoisotopic (exact) mass is 225 g/mol. The van der Waals surface area contributed by atoms with Gasteiger partial charge in [-0.1, -0.05) is 32.3 Å². The highest BCUT2D eigenvalue weighted by atomic mass is 32.1. The maximum atomic E-state index is 11.6. The van der Waals surface area contributed by atoms with Crippen LogP contribution >= 0.6 is 11.3 Å². The standard InChI is InChI=1S/C12H19NOS/c1-3-4-5-7-10(2)13-12(14)11-8-6-9-15-11/h6,8-10H,3-5,7H2,1-2H3,(H,13,14)/t10-/m0/s1. The minimum Gasteiger partial charge on any atom is -0.349 e. The molecule has 15 heavy (non-hydrogen) atoms. The second-order valence-corrected chi connectivity index (χ2v) is 4.80. The van der Waals surface area contributed by atoms with E-state index < -0.39 is 0 Å². The number of hydrogen-bond acceptors (Lipinski definition) is 2. The Bertz CT molecular complexity index is 282. The lowest BCUT2D eigenvalue weighted by Gasteiger charge is -2.12. The van der Waals surface area contributed by atoms with E-state index in [2.05, 4.69) is 19.2 Å². The molecule has 0 radical (unpaired) electrons. The van der Waals surface area contributed by atoms with Crippen LogP contribution in [-0.4, -0.2) is 11.9 Å². The van der Waals surface area contributed by atoms with E-state index in [0.29, 0.717) is 0 Å². The average Bonchev–Trinajstić information content (AvgIpc) is 2.70. The van der Waals surface area contributed by atoms with Crippen LogP contribution in [0.2, 0.25) is 0 Å². The van der Waals surface area contributed by atoms with Crippen molar-refractivity contribution in [2.24, 2.45) is 0 Å². The molecule has 3 heteroatoms. The molecule has 0 unspecified atom stereocenters. The molecule has 0 aliphatic heterocycles. The van der Waals surface area contributed by atoms with Crippen LogP contribution in [0.3, 0.4) is 0 Å². The van der Waals surface area contributed by atoms with Crippen molar-refractivity contribution in [1.82, 2.24) is 5.32 Å². The van der Waals surface area contributed by atoms with Gasteiger partial charge in [0, 0.05) is 6.04 Å². The summed E-state index contributed by atoms with van der Waals surface area (Å²) < 4.78 is 0. The van der Waals surface area contributed by atoms with E-state index in [0.717, 1.165) is 11.3 Å². The molecule has 1 heterocycles. The van der Waals surface area contributed by atoms with Crippen molar-refractivity contribution in [1.29, 1.82) is 0 Å². The molecule has 1 aromatic rings. The number of nitrogens with one attached hydrogen (secondary N) is 1. The van der Waals surface area contributed by atoms with Gasteiger partial charge in [-0.3, -0.25) is 4.79 Å². The van der Waals surface area contributed by atoms with Gasteiger partial charge in [-0.15, -0.1) is 11.3 Å². The normalized spacial score (nSPS) is 12.4. The van der Waals surface area contributed by atoms with Gasteiger partial charge in [-0.05, 0) is 24.8 Å². The Morgan fingerprint density at radius 3 is 2.93 bits per heavy atom. The van der Waals surface area contributed by atoms with Gasteiger partial charge in [-0.25, -0.2) is 0 Å². The predicted molar refractivity (Wildman–Crippen MR) is 65.4 cm³/mol. The first-order valence-corrected chi connectivity index (χ1v) is 6.46. The van der Waals surface area contributed by atoms with E-state index in [1.807, 2.05) is 17.5 Å². The molecule has 0 aromatic carbocycles. The number of unbranched alkanes of at least 4 members (excludes halogenated alkanes) is 2. The van der Waals surface area contributed by atoms with Crippen LogP contribution < -0.4 is 5.32 Å². The van der Waals surface area contributed by atoms with Gasteiger partial charge in [0.1, 0.15) is 0 Å². The molecule has 0 saturated heterocycles. The molecule has 1 amide bonds. The third kappa shape index (κ3) is 4.47. The van der Waals surface area contributed by atoms with Crippen LogP contribution in [0.1, 0.15) is 49.2 Å². The highest BCUT2D eigenvalue weighted by Gasteiger charge is 2.09. The molecular weight excluding hydrogens is 206 g/mol. The van der Waals surface area contributed by atoms with Crippen LogP contribution in [0.25, 0.3) is 0 Å². The largest absolute Gasteiger partial charge is 0.349 e. The molecule has 1 atom stereocenters. The number of hydrogen-bond donors (Lipinski definition) is 1. The summed E-state index contributed by atoms with van der Waals surface area (Å²) in [4.78, 5) is 12.5. The van der Waals surface area contributed by atoms with E-state index in [1.54, 1.807) is 0 Å². The fourth-order valence-corrected chi connectivity index (χ4v) is 2.10. The summed E-state index contributed by atoms with van der Waals surface area (Å²) in [5, 5.41) is 4.94. The zero-order chi connectivity index (χ0) is 11.1. The smallest absolute Gasteiger partial charge is 0.261 e. The molecule has 0 spiro atoms. The Labute approximate surface area is 95.7 Å². The van der Waals surface area contributed by atoms with Crippen LogP contribution in [-0.2, 0) is 0 Å². The first-order valence-electron chi connectivity index (χ1n) is 5.58. The van der Waals surface area contributed by atoms with Crippen LogP contribution in [0.15, 0.2) is 17.5 Å². The Kier molecular flexibility index (Phi) is 5.40. The predicted octanol–water partition coefficient (Wildman–Crippen LogP) is 3.45. The summed E-state index contributed by atoms with van der Waals surface area (Å²) in [6, 6.07) is 4.05. The first-order chi connectivity index (χ1) is 7.24. The molecule has 1 rings (SSSR count). The molecular formula is C12H19NOS. The molecule has 0 aliphatic carbocycles. The molecule has 0 aliphatic rings. The molecule has 1 N–H and O–H groups in total. The summed E-state index contributed by atoms with van der Waals surface area (Å²) in [6.07, 6.45) is 4.75. The van der Waals surface area contributed by atoms with E-state index in [9.17, 15) is 4.79 Å². The summed E-state index contributed by atoms with van der Waals surface area (Å²) in [6.45, 7) is 4.26. The lowest BCUT2D eigenvalue weighted by atomic mass is 10.1. The average molecular weight is 225 g/mol. The van der Waals surface area contributed by atoms with Gasteiger partial charge in [0.2, 0.25) is 0 Å². The van der Waals surface area contributed by atoms with Gasteiger partial charge in [0.15, 0.2) is 0 Å². The molecule has 0 bridgehead atoms. The maximum Gasteiger partial charge on any atom is 0.261 e. The summed E-state index contributed by atoms with van der Waals surface area (Å²) >= 11 is 1.49. The van der Waals surface area contributed by atoms with Crippen molar-refractivity contribution in [2.75, 3.05) is 0 Å². The van der Waals surface area contributed by atoms with Gasteiger partial charge in [-0.2, -0.15) is 0 Å². The third-order valence-corrected chi connectivity index (χ3v) is 3.23. The van der Waals surface area contributed by atoms with Crippen molar-refractivity contribution in [2.45, 2.75) is 45.6 Å². The highest BCUT2D eigenvalue weighted by molar-refractivity contribution is 7.12. The summed E-state index contributed by atoms with van der Waals surface area (Å²) in [5.74, 6) is 0.0639. The lowest BCUT2D eigenvalue weighted by molar-refractivity contribution is 0.0942. The van der Waals surface area contributed by atoms with Gasteiger partial charge in [0.05, 0.1) is 4.88 Å². The number of rotatable bonds is 6. The summed E-state index contributed by atoms with van der Waals surface area (Å²) in [5.41, 5.74) is 0. The van der Waals surface area contributed by atoms with E-state index >= 15 is 0 Å². The van der Waals surface area contributed by atoms with Crippen molar-refractivity contribution in [3.05, 3.63) is 22.4 Å². The van der Waals surface area contributed by atoms with Crippen LogP contribution in [0.4, 0.5) is 0 Å². The topological polar surface area (TPSA) is 29.1 Å². The van der Waals surface area contributed by atoms with Gasteiger partial charge < -0.3 is 5.32 Å². The van der Waals surface area contributed by atoms with Crippen LogP contribution in [0.5, 0.6) is 0 Å². The Morgan fingerprint density at radius 2 is 2.33 bits per heavy atom. The van der Waals surface area contributed by atoms with Crippen molar-refractivity contribution < 1.29 is 4.79 Å². The van der Waals surface area contributed by atoms with E-state index in [4.69, 9.17) is 0 Å². The molecule has 0 saturated carbocycles. The first kappa shape index (κ1) is 12.2. The van der Waals surface area contributed by atoms with E-state index in [1.165, 1.54) is 30.6 Å². The highest BCUT2D eigenvalue weighted by Crippen LogP contribution is 2.09. The third-order valence-electron chi connectivity index (χ3n) is 2.36. The molecule has 1 aromatic heterocycles. The van der Waals surface area contributed by atoms with Crippen molar-refractivity contribution in [3.63, 3.8) is 0 Å². The van der Waals surface area contributed by atoms with Crippen LogP contribution in [0, 0.1) is 0 Å². The second kappa shape index (κ2) is 6.62. The molecule has 0 fully saturated rings. The molecule has 2 nitrogen and oxygen atoms in total. The Hall–Kier alpha value is -0.830. The van der Waals surface area contributed by atoms with Crippen molar-refractivity contribution >= 4 is 17.2 Å². The van der Waals surface area contributed by atoms with E-state index in [-0.39, 0.29) is 11.9 Å². The number of thiophene rings is 1. The fraction of sp³-hybridized carbons (Fsp3) is 0.583. The quantitative estimate of drug-likeness (QED) is 0.738. The number of amides is 1.